The van der Waals surface area contributed by atoms with Crippen LogP contribution >= 0.6 is 0 Å². The van der Waals surface area contributed by atoms with Gasteiger partial charge in [-0.1, -0.05) is 13.8 Å². The molecule has 2 bridgehead atoms. The molecular formula is C27H43N5O5. The maximum atomic E-state index is 13.5. The van der Waals surface area contributed by atoms with Crippen molar-refractivity contribution in [1.82, 2.24) is 20.4 Å². The van der Waals surface area contributed by atoms with Crippen LogP contribution in [0.15, 0.2) is 12.3 Å². The van der Waals surface area contributed by atoms with Gasteiger partial charge in [0.05, 0.1) is 24.4 Å². The number of ether oxygens (including phenoxy) is 2. The van der Waals surface area contributed by atoms with Crippen molar-refractivity contribution in [3.63, 3.8) is 0 Å². The van der Waals surface area contributed by atoms with Crippen molar-refractivity contribution < 1.29 is 23.9 Å². The third-order valence-electron chi connectivity index (χ3n) is 7.33. The quantitative estimate of drug-likeness (QED) is 0.457. The molecule has 3 rings (SSSR count). The van der Waals surface area contributed by atoms with Gasteiger partial charge in [0.1, 0.15) is 5.56 Å². The highest BCUT2D eigenvalue weighted by Crippen LogP contribution is 2.50. The van der Waals surface area contributed by atoms with Crippen LogP contribution in [-0.4, -0.2) is 52.0 Å². The van der Waals surface area contributed by atoms with Crippen molar-refractivity contribution in [2.45, 2.75) is 91.8 Å². The lowest BCUT2D eigenvalue weighted by atomic mass is 9.58. The van der Waals surface area contributed by atoms with Crippen molar-refractivity contribution in [3.8, 4) is 5.88 Å². The van der Waals surface area contributed by atoms with E-state index in [1.165, 1.54) is 17.8 Å². The molecular weight excluding hydrogens is 474 g/mol. The zero-order valence-electron chi connectivity index (χ0n) is 23.2. The van der Waals surface area contributed by atoms with Gasteiger partial charge in [-0.15, -0.1) is 0 Å². The van der Waals surface area contributed by atoms with Crippen LogP contribution in [-0.2, 0) is 9.53 Å². The van der Waals surface area contributed by atoms with Gasteiger partial charge < -0.3 is 25.8 Å². The highest BCUT2D eigenvalue weighted by molar-refractivity contribution is 5.96. The molecule has 206 valence electrons. The monoisotopic (exact) mass is 517 g/mol. The van der Waals surface area contributed by atoms with Crippen molar-refractivity contribution in [2.75, 3.05) is 6.61 Å². The van der Waals surface area contributed by atoms with Crippen LogP contribution in [0.4, 0.5) is 4.79 Å². The van der Waals surface area contributed by atoms with Crippen molar-refractivity contribution in [3.05, 3.63) is 17.8 Å². The highest BCUT2D eigenvalue weighted by Gasteiger charge is 2.46. The van der Waals surface area contributed by atoms with E-state index in [9.17, 15) is 14.4 Å². The predicted molar refractivity (Wildman–Crippen MR) is 141 cm³/mol. The number of hydrogen-bond donors (Lipinski definition) is 3. The maximum Gasteiger partial charge on any atom is 0.404 e. The lowest BCUT2D eigenvalue weighted by molar-refractivity contribution is -0.120. The van der Waals surface area contributed by atoms with Gasteiger partial charge in [0.15, 0.2) is 0 Å². The number of aromatic nitrogens is 2. The van der Waals surface area contributed by atoms with Gasteiger partial charge in [-0.3, -0.25) is 9.59 Å². The van der Waals surface area contributed by atoms with Gasteiger partial charge >= 0.3 is 6.09 Å². The number of carbonyl (C=O) groups excluding carboxylic acids is 3. The molecule has 10 nitrogen and oxygen atoms in total. The van der Waals surface area contributed by atoms with Gasteiger partial charge in [0.25, 0.3) is 5.91 Å². The topological polar surface area (TPSA) is 138 Å². The maximum absolute atomic E-state index is 13.5. The largest absolute Gasteiger partial charge is 0.474 e. The minimum Gasteiger partial charge on any atom is -0.474 e. The third-order valence-corrected chi connectivity index (χ3v) is 7.33. The molecule has 4 unspecified atom stereocenters. The zero-order chi connectivity index (χ0) is 27.5. The fourth-order valence-corrected chi connectivity index (χ4v) is 6.16. The van der Waals surface area contributed by atoms with Crippen LogP contribution in [0.3, 0.4) is 0 Å². The lowest BCUT2D eigenvalue weighted by Crippen LogP contribution is -2.53. The fraction of sp³-hybridized carbons (Fsp3) is 0.704. The third kappa shape index (κ3) is 7.49. The second-order valence-electron chi connectivity index (χ2n) is 12.1. The molecule has 0 saturated heterocycles. The van der Waals surface area contributed by atoms with E-state index in [1.54, 1.807) is 12.3 Å². The Morgan fingerprint density at radius 1 is 1.30 bits per heavy atom. The summed E-state index contributed by atoms with van der Waals surface area (Å²) in [5.74, 6) is 1.10. The standard InChI is InChI=1S/C27H43N5O5/c1-16(2)37-24-21(14-29-32(24)9-8-26(5,6)31-18(4)33)23(34)30-22-17(3)10-19-11-20(22)13-27(7,12-19)15-36-25(28)35/h8-9,14,16-17,19-20,22H,10-13,15H2,1-7H3,(H2,28,35)(H,30,34)(H,31,33)/b9-8+/t17?,19?,20?,22?,27-/m0/s1. The van der Waals surface area contributed by atoms with Crippen molar-refractivity contribution in [2.24, 2.45) is 28.9 Å². The Morgan fingerprint density at radius 3 is 2.62 bits per heavy atom. The van der Waals surface area contributed by atoms with Crippen LogP contribution in [0.2, 0.25) is 0 Å². The summed E-state index contributed by atoms with van der Waals surface area (Å²) < 4.78 is 12.7. The number of hydrogen-bond acceptors (Lipinski definition) is 6. The molecule has 0 radical (unpaired) electrons. The summed E-state index contributed by atoms with van der Waals surface area (Å²) in [5, 5.41) is 10.5. The smallest absolute Gasteiger partial charge is 0.404 e. The van der Waals surface area contributed by atoms with Gasteiger partial charge in [0.2, 0.25) is 11.8 Å². The first-order valence-electron chi connectivity index (χ1n) is 13.1. The van der Waals surface area contributed by atoms with Gasteiger partial charge in [-0.2, -0.15) is 5.10 Å². The summed E-state index contributed by atoms with van der Waals surface area (Å²) in [7, 11) is 0. The van der Waals surface area contributed by atoms with Crippen molar-refractivity contribution >= 4 is 24.1 Å². The predicted octanol–water partition coefficient (Wildman–Crippen LogP) is 3.71. The summed E-state index contributed by atoms with van der Waals surface area (Å²) in [6, 6.07) is -0.0126. The molecule has 0 aromatic carbocycles. The van der Waals surface area contributed by atoms with E-state index in [4.69, 9.17) is 15.2 Å². The van der Waals surface area contributed by atoms with E-state index in [-0.39, 0.29) is 35.3 Å². The second kappa shape index (κ2) is 11.1. The van der Waals surface area contributed by atoms with Crippen LogP contribution in [0.1, 0.15) is 84.5 Å². The molecule has 1 aromatic heterocycles. The zero-order valence-corrected chi connectivity index (χ0v) is 23.2. The SMILES string of the molecule is CC(=O)NC(C)(C)/C=C/n1ncc(C(=O)NC2C(C)CC3CC2C[C@@](C)(COC(N)=O)C3)c1OC(C)C. The van der Waals surface area contributed by atoms with Crippen LogP contribution in [0, 0.1) is 23.2 Å². The van der Waals surface area contributed by atoms with Gasteiger partial charge in [-0.05, 0) is 77.2 Å². The second-order valence-corrected chi connectivity index (χ2v) is 12.1. The fourth-order valence-electron chi connectivity index (χ4n) is 6.16. The van der Waals surface area contributed by atoms with Gasteiger partial charge in [0, 0.05) is 24.6 Å². The molecule has 2 aliphatic carbocycles. The molecule has 2 aliphatic rings. The molecule has 37 heavy (non-hydrogen) atoms. The summed E-state index contributed by atoms with van der Waals surface area (Å²) >= 11 is 0. The minimum atomic E-state index is -0.751. The van der Waals surface area contributed by atoms with Crippen molar-refractivity contribution in [1.29, 1.82) is 0 Å². The molecule has 10 heteroatoms. The van der Waals surface area contributed by atoms with E-state index in [0.717, 1.165) is 25.7 Å². The number of nitrogens with two attached hydrogens (primary N) is 1. The van der Waals surface area contributed by atoms with E-state index < -0.39 is 11.6 Å². The summed E-state index contributed by atoms with van der Waals surface area (Å²) in [5.41, 5.74) is 4.82. The first-order chi connectivity index (χ1) is 17.2. The Hall–Kier alpha value is -3.04. The number of nitrogens with one attached hydrogen (secondary N) is 2. The minimum absolute atomic E-state index is 0.0126. The van der Waals surface area contributed by atoms with Crippen LogP contribution in [0.25, 0.3) is 6.20 Å². The summed E-state index contributed by atoms with van der Waals surface area (Å²) in [4.78, 5) is 36.3. The molecule has 4 N–H and O–H groups in total. The van der Waals surface area contributed by atoms with E-state index in [1.807, 2.05) is 27.7 Å². The number of fused-ring (bicyclic) bond motifs is 2. The lowest BCUT2D eigenvalue weighted by Gasteiger charge is -2.50. The molecule has 5 atom stereocenters. The molecule has 1 heterocycles. The highest BCUT2D eigenvalue weighted by atomic mass is 16.5. The van der Waals surface area contributed by atoms with Gasteiger partial charge in [-0.25, -0.2) is 9.48 Å². The van der Waals surface area contributed by atoms with E-state index in [0.29, 0.717) is 29.9 Å². The van der Waals surface area contributed by atoms with Crippen LogP contribution in [0.5, 0.6) is 5.88 Å². The first-order valence-corrected chi connectivity index (χ1v) is 13.1. The molecule has 1 aromatic rings. The Morgan fingerprint density at radius 2 is 2.00 bits per heavy atom. The number of nitrogens with zero attached hydrogens (tertiary/aromatic N) is 2. The molecule has 0 aliphatic heterocycles. The Bertz CT molecular complexity index is 1030. The van der Waals surface area contributed by atoms with E-state index >= 15 is 0 Å². The molecule has 3 amide bonds. The normalized spacial score (nSPS) is 27.7. The first kappa shape index (κ1) is 28.5. The molecule has 2 fully saturated rings. The number of primary amides is 1. The van der Waals surface area contributed by atoms with E-state index in [2.05, 4.69) is 29.6 Å². The average Bonchev–Trinajstić information content (AvgIpc) is 3.14. The Labute approximate surface area is 219 Å². The molecule has 0 spiro atoms. The summed E-state index contributed by atoms with van der Waals surface area (Å²) in [6.45, 7) is 13.6. The number of carbonyl (C=O) groups is 3. The number of rotatable bonds is 9. The Kier molecular flexibility index (Phi) is 8.59. The van der Waals surface area contributed by atoms with Crippen LogP contribution < -0.4 is 21.1 Å². The number of amides is 3. The molecule has 2 saturated carbocycles. The Balaban J connectivity index is 1.80. The average molecular weight is 518 g/mol. The summed E-state index contributed by atoms with van der Waals surface area (Å²) in [6.07, 6.45) is 7.98.